The van der Waals surface area contributed by atoms with Crippen LogP contribution in [-0.2, 0) is 4.79 Å². The number of para-hydroxylation sites is 2. The number of hydrogen-bond acceptors (Lipinski definition) is 6. The van der Waals surface area contributed by atoms with Crippen LogP contribution < -0.4 is 5.56 Å². The molecule has 8 heteroatoms. The molecule has 5 rings (SSSR count). The van der Waals surface area contributed by atoms with E-state index in [9.17, 15) is 14.5 Å². The number of nitrogens with zero attached hydrogens (tertiary/aromatic N) is 4. The van der Waals surface area contributed by atoms with Gasteiger partial charge in [0.25, 0.3) is 5.56 Å². The van der Waals surface area contributed by atoms with Gasteiger partial charge in [0.05, 0.1) is 11.0 Å². The highest BCUT2D eigenvalue weighted by atomic mass is 16.4. The van der Waals surface area contributed by atoms with Crippen molar-refractivity contribution < 1.29 is 9.90 Å². The van der Waals surface area contributed by atoms with Crippen LogP contribution in [0.1, 0.15) is 121 Å². The van der Waals surface area contributed by atoms with Gasteiger partial charge in [-0.1, -0.05) is 68.7 Å². The summed E-state index contributed by atoms with van der Waals surface area (Å²) in [7, 11) is 0. The minimum absolute atomic E-state index is 0.0230. The fourth-order valence-corrected chi connectivity index (χ4v) is 7.53. The Morgan fingerprint density at radius 3 is 2.13 bits per heavy atom. The molecule has 1 saturated carbocycles. The number of aromatic nitrogens is 2. The summed E-state index contributed by atoms with van der Waals surface area (Å²) < 4.78 is 1.88. The summed E-state index contributed by atoms with van der Waals surface area (Å²) in [5, 5.41) is 12.3. The molecule has 2 aliphatic heterocycles. The van der Waals surface area contributed by atoms with Gasteiger partial charge in [-0.05, 0) is 57.1 Å². The van der Waals surface area contributed by atoms with Gasteiger partial charge in [0.2, 0.25) is 0 Å². The number of carbonyl (C=O) groups is 1. The smallest absolute Gasteiger partial charge is 0.303 e. The van der Waals surface area contributed by atoms with Crippen molar-refractivity contribution in [3.8, 4) is 0 Å². The Bertz CT molecular complexity index is 1160. The van der Waals surface area contributed by atoms with Crippen LogP contribution in [0.15, 0.2) is 34.2 Å². The van der Waals surface area contributed by atoms with Gasteiger partial charge in [-0.2, -0.15) is 4.91 Å². The first-order valence-corrected chi connectivity index (χ1v) is 14.9. The van der Waals surface area contributed by atoms with E-state index in [0.29, 0.717) is 23.6 Å². The molecule has 2 saturated heterocycles. The van der Waals surface area contributed by atoms with Gasteiger partial charge < -0.3 is 9.67 Å². The zero-order chi connectivity index (χ0) is 26.5. The maximum atomic E-state index is 13.9. The molecule has 8 nitrogen and oxygen atoms in total. The average Bonchev–Trinajstić information content (AvgIpc) is 2.91. The molecule has 206 valence electrons. The molecule has 2 aromatic rings. The summed E-state index contributed by atoms with van der Waals surface area (Å²) >= 11 is 0. The molecule has 3 aliphatic rings. The quantitative estimate of drug-likeness (QED) is 0.415. The summed E-state index contributed by atoms with van der Waals surface area (Å²) in [5.41, 5.74) is 1.25. The average molecular weight is 523 g/mol. The number of benzene rings is 1. The van der Waals surface area contributed by atoms with Gasteiger partial charge in [-0.3, -0.25) is 14.5 Å². The highest BCUT2D eigenvalue weighted by Crippen LogP contribution is 2.42. The fraction of sp³-hybridized carbons (Fsp3) is 0.700. The van der Waals surface area contributed by atoms with Gasteiger partial charge >= 0.3 is 5.97 Å². The zero-order valence-corrected chi connectivity index (χ0v) is 22.5. The van der Waals surface area contributed by atoms with Crippen LogP contribution in [0.25, 0.3) is 11.0 Å². The third kappa shape index (κ3) is 5.85. The number of carboxylic acids is 1. The second-order valence-corrected chi connectivity index (χ2v) is 11.7. The normalized spacial score (nSPS) is 26.6. The summed E-state index contributed by atoms with van der Waals surface area (Å²) in [4.78, 5) is 44.2. The minimum atomic E-state index is -1.06. The van der Waals surface area contributed by atoms with E-state index < -0.39 is 12.0 Å². The van der Waals surface area contributed by atoms with Crippen molar-refractivity contribution in [2.24, 2.45) is 5.18 Å². The van der Waals surface area contributed by atoms with Gasteiger partial charge in [0, 0.05) is 30.6 Å². The first-order chi connectivity index (χ1) is 18.6. The van der Waals surface area contributed by atoms with E-state index in [1.165, 1.54) is 77.0 Å². The number of piperidine rings is 2. The van der Waals surface area contributed by atoms with Crippen molar-refractivity contribution in [2.75, 3.05) is 0 Å². The number of carboxylic acid groups (broad SMARTS) is 1. The Balaban J connectivity index is 1.46. The predicted octanol–water partition coefficient (Wildman–Crippen LogP) is 6.52. The number of rotatable bonds is 7. The molecular formula is C30H42N4O4. The fourth-order valence-electron chi connectivity index (χ4n) is 7.53. The van der Waals surface area contributed by atoms with Crippen LogP contribution in [-0.4, -0.2) is 43.7 Å². The van der Waals surface area contributed by atoms with Crippen LogP contribution in [0.4, 0.5) is 0 Å². The summed E-state index contributed by atoms with van der Waals surface area (Å²) in [6.45, 7) is 0. The van der Waals surface area contributed by atoms with E-state index in [0.717, 1.165) is 18.4 Å². The Labute approximate surface area is 224 Å². The Morgan fingerprint density at radius 1 is 0.895 bits per heavy atom. The molecule has 38 heavy (non-hydrogen) atoms. The molecule has 1 aromatic carbocycles. The predicted molar refractivity (Wildman–Crippen MR) is 148 cm³/mol. The van der Waals surface area contributed by atoms with E-state index >= 15 is 0 Å². The molecule has 1 aromatic heterocycles. The second-order valence-electron chi connectivity index (χ2n) is 11.7. The van der Waals surface area contributed by atoms with Gasteiger partial charge in [-0.25, -0.2) is 4.98 Å². The van der Waals surface area contributed by atoms with Crippen LogP contribution in [0.3, 0.4) is 0 Å². The maximum absolute atomic E-state index is 13.9. The van der Waals surface area contributed by atoms with Crippen LogP contribution >= 0.6 is 0 Å². The van der Waals surface area contributed by atoms with Crippen LogP contribution in [0.2, 0.25) is 0 Å². The van der Waals surface area contributed by atoms with Crippen molar-refractivity contribution in [1.29, 1.82) is 0 Å². The van der Waals surface area contributed by atoms with Crippen LogP contribution in [0, 0.1) is 4.91 Å². The Morgan fingerprint density at radius 2 is 1.50 bits per heavy atom. The molecule has 0 amide bonds. The van der Waals surface area contributed by atoms with Crippen LogP contribution in [0.5, 0.6) is 0 Å². The van der Waals surface area contributed by atoms with Crippen molar-refractivity contribution in [2.45, 2.75) is 133 Å². The van der Waals surface area contributed by atoms with Gasteiger partial charge in [0.15, 0.2) is 0 Å². The molecule has 1 N–H and O–H groups in total. The molecule has 0 spiro atoms. The maximum Gasteiger partial charge on any atom is 0.303 e. The molecule has 2 bridgehead atoms. The van der Waals surface area contributed by atoms with E-state index in [1.807, 2.05) is 28.8 Å². The lowest BCUT2D eigenvalue weighted by molar-refractivity contribution is -0.137. The molecule has 0 radical (unpaired) electrons. The highest BCUT2D eigenvalue weighted by Gasteiger charge is 2.42. The summed E-state index contributed by atoms with van der Waals surface area (Å²) in [5.74, 6) is -1.01. The third-order valence-corrected chi connectivity index (χ3v) is 9.26. The van der Waals surface area contributed by atoms with Gasteiger partial charge in [-0.15, -0.1) is 0 Å². The van der Waals surface area contributed by atoms with E-state index in [2.05, 4.69) is 15.1 Å². The third-order valence-electron chi connectivity index (χ3n) is 9.26. The molecule has 3 heterocycles. The van der Waals surface area contributed by atoms with Crippen molar-refractivity contribution in [3.05, 3.63) is 45.2 Å². The Kier molecular flexibility index (Phi) is 8.87. The first kappa shape index (κ1) is 27.0. The molecule has 3 fully saturated rings. The number of aliphatic carboxylic acids is 1. The first-order valence-electron chi connectivity index (χ1n) is 14.9. The molecule has 2 unspecified atom stereocenters. The largest absolute Gasteiger partial charge is 0.481 e. The lowest BCUT2D eigenvalue weighted by Gasteiger charge is -2.53. The SMILES string of the molecule is O=NC(CCC(=O)O)c1nc2ccccc2n(C2C[C@H]3CCC[C@@H](C2)N3C2CCCCCCCCC2)c1=O. The van der Waals surface area contributed by atoms with Crippen molar-refractivity contribution in [3.63, 3.8) is 0 Å². The van der Waals surface area contributed by atoms with Crippen molar-refractivity contribution in [1.82, 2.24) is 14.5 Å². The monoisotopic (exact) mass is 522 g/mol. The highest BCUT2D eigenvalue weighted by molar-refractivity contribution is 5.75. The molecular weight excluding hydrogens is 480 g/mol. The van der Waals surface area contributed by atoms with Crippen molar-refractivity contribution >= 4 is 17.0 Å². The standard InChI is InChI=1S/C30H42N4O4/c35-28(36)18-17-26(32-38)29-30(37)34(27-16-9-8-15-25(27)31-29)24-19-22-13-10-14-23(20-24)33(22)21-11-6-4-2-1-3-5-7-12-21/h8-9,15-16,21-24,26H,1-7,10-14,17-20H2,(H,35,36)/t22-,23+,24?,26?. The van der Waals surface area contributed by atoms with E-state index in [-0.39, 0.29) is 30.1 Å². The topological polar surface area (TPSA) is 105 Å². The van der Waals surface area contributed by atoms with Gasteiger partial charge in [0.1, 0.15) is 11.7 Å². The molecule has 1 aliphatic carbocycles. The second kappa shape index (κ2) is 12.5. The number of hydrogen-bond donors (Lipinski definition) is 1. The lowest BCUT2D eigenvalue weighted by atomic mass is 9.79. The number of nitroso groups, excluding NO2 is 1. The summed E-state index contributed by atoms with van der Waals surface area (Å²) in [6, 6.07) is 8.17. The number of fused-ring (bicyclic) bond motifs is 3. The Hall–Kier alpha value is -2.61. The lowest BCUT2D eigenvalue weighted by Crippen LogP contribution is -2.57. The zero-order valence-electron chi connectivity index (χ0n) is 22.5. The minimum Gasteiger partial charge on any atom is -0.481 e. The van der Waals surface area contributed by atoms with E-state index in [4.69, 9.17) is 5.11 Å². The summed E-state index contributed by atoms with van der Waals surface area (Å²) in [6.07, 6.45) is 17.2. The van der Waals surface area contributed by atoms with E-state index in [1.54, 1.807) is 0 Å². The molecule has 4 atom stereocenters.